The van der Waals surface area contributed by atoms with Crippen LogP contribution in [0.2, 0.25) is 13.1 Å². The predicted molar refractivity (Wildman–Crippen MR) is 66.2 cm³/mol. The first-order valence-corrected chi connectivity index (χ1v) is 7.62. The highest BCUT2D eigenvalue weighted by Gasteiger charge is 2.10. The Bertz CT molecular complexity index is 411. The quantitative estimate of drug-likeness (QED) is 0.570. The van der Waals surface area contributed by atoms with Crippen LogP contribution in [0.25, 0.3) is 0 Å². The zero-order valence-electron chi connectivity index (χ0n) is 9.09. The lowest BCUT2D eigenvalue weighted by atomic mass is 10.1. The van der Waals surface area contributed by atoms with E-state index >= 15 is 0 Å². The van der Waals surface area contributed by atoms with E-state index in [9.17, 15) is 0 Å². The maximum Gasteiger partial charge on any atom is 0.0128 e. The Morgan fingerprint density at radius 2 is 1.93 bits per heavy atom. The van der Waals surface area contributed by atoms with Crippen LogP contribution in [-0.4, -0.2) is 13.6 Å². The summed E-state index contributed by atoms with van der Waals surface area (Å²) < 4.78 is 0. The Balaban J connectivity index is 2.26. The third kappa shape index (κ3) is 1.78. The van der Waals surface area contributed by atoms with Gasteiger partial charge in [0, 0.05) is 8.41 Å². The lowest BCUT2D eigenvalue weighted by Gasteiger charge is -1.98. The summed E-state index contributed by atoms with van der Waals surface area (Å²) in [4.78, 5) is 0. The van der Waals surface area contributed by atoms with E-state index < -0.39 is 0 Å². The maximum atomic E-state index is 2.37. The second-order valence-corrected chi connectivity index (χ2v) is 6.79. The molecule has 0 aromatic carbocycles. The smallest absolute Gasteiger partial charge is 0.0128 e. The van der Waals surface area contributed by atoms with Crippen molar-refractivity contribution in [3.63, 3.8) is 0 Å². The van der Waals surface area contributed by atoms with Crippen LogP contribution in [0.15, 0.2) is 47.1 Å². The van der Waals surface area contributed by atoms with Crippen LogP contribution in [0.3, 0.4) is 0 Å². The van der Waals surface area contributed by atoms with Gasteiger partial charge in [-0.1, -0.05) is 49.0 Å². The summed E-state index contributed by atoms with van der Waals surface area (Å²) in [6, 6.07) is 0. The molecule has 0 unspecified atom stereocenters. The van der Waals surface area contributed by atoms with Crippen LogP contribution >= 0.6 is 0 Å². The lowest BCUT2D eigenvalue weighted by molar-refractivity contribution is 1.29. The summed E-state index contributed by atoms with van der Waals surface area (Å²) in [7, 11) is -0.278. The average molecular weight is 200 g/mol. The molecule has 0 aromatic rings. The minimum absolute atomic E-state index is 0.278. The van der Waals surface area contributed by atoms with E-state index in [0.29, 0.717) is 0 Å². The van der Waals surface area contributed by atoms with E-state index in [1.807, 2.05) is 0 Å². The zero-order valence-corrected chi connectivity index (χ0v) is 10.1. The third-order valence-electron chi connectivity index (χ3n) is 2.75. The summed E-state index contributed by atoms with van der Waals surface area (Å²) in [6.07, 6.45) is 12.6. The van der Waals surface area contributed by atoms with Gasteiger partial charge in [0.1, 0.15) is 0 Å². The highest BCUT2D eigenvalue weighted by molar-refractivity contribution is 6.73. The first-order chi connectivity index (χ1) is 6.66. The van der Waals surface area contributed by atoms with Crippen molar-refractivity contribution in [1.82, 2.24) is 0 Å². The number of rotatable bonds is 1. The summed E-state index contributed by atoms with van der Waals surface area (Å²) in [5, 5.41) is 1.55. The van der Waals surface area contributed by atoms with Gasteiger partial charge in [0.25, 0.3) is 0 Å². The fraction of sp³-hybridized carbons (Fsp3) is 0.308. The van der Waals surface area contributed by atoms with Crippen LogP contribution in [0.4, 0.5) is 0 Å². The molecule has 14 heavy (non-hydrogen) atoms. The molecule has 2 aliphatic carbocycles. The Morgan fingerprint density at radius 3 is 2.43 bits per heavy atom. The highest BCUT2D eigenvalue weighted by Crippen LogP contribution is 2.26. The van der Waals surface area contributed by atoms with Crippen molar-refractivity contribution in [1.29, 1.82) is 0 Å². The lowest BCUT2D eigenvalue weighted by Crippen LogP contribution is -2.00. The van der Waals surface area contributed by atoms with Crippen LogP contribution in [-0.2, 0) is 0 Å². The van der Waals surface area contributed by atoms with Crippen LogP contribution in [0, 0.1) is 0 Å². The largest absolute Gasteiger partial charge is 0.0772 e. The second kappa shape index (κ2) is 3.66. The van der Waals surface area contributed by atoms with E-state index in [2.05, 4.69) is 50.4 Å². The Labute approximate surface area is 87.6 Å². The van der Waals surface area contributed by atoms with Gasteiger partial charge in [-0.25, -0.2) is 0 Å². The van der Waals surface area contributed by atoms with Gasteiger partial charge in [-0.3, -0.25) is 0 Å². The summed E-state index contributed by atoms with van der Waals surface area (Å²) in [5.41, 5.74) is 4.32. The Kier molecular flexibility index (Phi) is 2.51. The molecule has 2 aliphatic rings. The Hall–Kier alpha value is -0.953. The van der Waals surface area contributed by atoms with Gasteiger partial charge in [-0.05, 0) is 29.7 Å². The standard InChI is InChI=1S/C13H16Si/c1-10-4-5-11(8-10)12-6-7-13(9-12)14(2)3/h4,6-9H,5H2,1-3H3. The van der Waals surface area contributed by atoms with Crippen molar-refractivity contribution >= 4 is 13.6 Å². The minimum atomic E-state index is -0.278. The molecule has 0 amide bonds. The number of hydrogen-bond acceptors (Lipinski definition) is 0. The van der Waals surface area contributed by atoms with E-state index in [1.54, 1.807) is 5.17 Å². The highest BCUT2D eigenvalue weighted by atomic mass is 28.2. The Morgan fingerprint density at radius 1 is 1.14 bits per heavy atom. The molecule has 0 radical (unpaired) electrons. The van der Waals surface area contributed by atoms with E-state index in [-0.39, 0.29) is 8.41 Å². The molecule has 0 aliphatic heterocycles. The van der Waals surface area contributed by atoms with Crippen molar-refractivity contribution < 1.29 is 0 Å². The van der Waals surface area contributed by atoms with E-state index in [0.717, 1.165) is 6.42 Å². The molecule has 0 N–H and O–H groups in total. The fourth-order valence-electron chi connectivity index (χ4n) is 1.82. The number of allylic oxidation sites excluding steroid dienone is 8. The molecule has 72 valence electrons. The van der Waals surface area contributed by atoms with Crippen LogP contribution < -0.4 is 0 Å². The molecule has 0 saturated heterocycles. The van der Waals surface area contributed by atoms with Crippen molar-refractivity contribution in [2.24, 2.45) is 0 Å². The fourth-order valence-corrected chi connectivity index (χ4v) is 2.68. The van der Waals surface area contributed by atoms with Crippen LogP contribution in [0.1, 0.15) is 13.3 Å². The molecular weight excluding hydrogens is 184 g/mol. The van der Waals surface area contributed by atoms with Gasteiger partial charge in [-0.2, -0.15) is 0 Å². The first kappa shape index (κ1) is 9.60. The van der Waals surface area contributed by atoms with Crippen molar-refractivity contribution in [2.75, 3.05) is 0 Å². The second-order valence-electron chi connectivity index (χ2n) is 4.21. The molecular formula is C13H16Si. The van der Waals surface area contributed by atoms with Gasteiger partial charge >= 0.3 is 0 Å². The van der Waals surface area contributed by atoms with E-state index in [4.69, 9.17) is 0 Å². The molecule has 0 nitrogen and oxygen atoms in total. The molecule has 0 spiro atoms. The van der Waals surface area contributed by atoms with Crippen molar-refractivity contribution in [3.8, 4) is 0 Å². The predicted octanol–water partition coefficient (Wildman–Crippen LogP) is 3.27. The van der Waals surface area contributed by atoms with Gasteiger partial charge in [-0.15, -0.1) is 0 Å². The number of hydrogen-bond donors (Lipinski definition) is 0. The average Bonchev–Trinajstić information content (AvgIpc) is 2.70. The summed E-state index contributed by atoms with van der Waals surface area (Å²) >= 11 is 0. The molecule has 0 saturated carbocycles. The summed E-state index contributed by atoms with van der Waals surface area (Å²) in [6.45, 7) is 6.86. The minimum Gasteiger partial charge on any atom is -0.0772 e. The maximum absolute atomic E-state index is 2.37. The molecule has 0 aromatic heterocycles. The summed E-state index contributed by atoms with van der Waals surface area (Å²) in [5.74, 6) is 0. The molecule has 1 heteroatoms. The van der Waals surface area contributed by atoms with Gasteiger partial charge < -0.3 is 0 Å². The van der Waals surface area contributed by atoms with Gasteiger partial charge in [0.2, 0.25) is 0 Å². The molecule has 2 rings (SSSR count). The monoisotopic (exact) mass is 200 g/mol. The molecule has 0 heterocycles. The SMILES string of the molecule is CC1=CCC(C2=CC(=[Si](C)C)C=C2)=C1. The van der Waals surface area contributed by atoms with Crippen molar-refractivity contribution in [2.45, 2.75) is 26.4 Å². The molecule has 0 bridgehead atoms. The zero-order chi connectivity index (χ0) is 10.1. The first-order valence-electron chi connectivity index (χ1n) is 5.12. The molecule has 0 fully saturated rings. The third-order valence-corrected chi connectivity index (χ3v) is 4.21. The molecule has 0 atom stereocenters. The van der Waals surface area contributed by atoms with Crippen LogP contribution in [0.5, 0.6) is 0 Å². The van der Waals surface area contributed by atoms with Gasteiger partial charge in [0.05, 0.1) is 0 Å². The topological polar surface area (TPSA) is 0 Å². The van der Waals surface area contributed by atoms with Gasteiger partial charge in [0.15, 0.2) is 0 Å². The van der Waals surface area contributed by atoms with E-state index in [1.165, 1.54) is 16.7 Å². The normalized spacial score (nSPS) is 19.6. The van der Waals surface area contributed by atoms with Crippen molar-refractivity contribution in [3.05, 3.63) is 47.1 Å².